The van der Waals surface area contributed by atoms with Gasteiger partial charge in [-0.2, -0.15) is 0 Å². The lowest BCUT2D eigenvalue weighted by atomic mass is 10.2. The van der Waals surface area contributed by atoms with Gasteiger partial charge in [0.05, 0.1) is 10.5 Å². The molecule has 4 rings (SSSR count). The summed E-state index contributed by atoms with van der Waals surface area (Å²) in [6, 6.07) is 8.22. The zero-order valence-corrected chi connectivity index (χ0v) is 18.7. The molecule has 2 aromatic heterocycles. The molecule has 0 unspecified atom stereocenters. The maximum atomic E-state index is 12.6. The number of halogens is 1. The van der Waals surface area contributed by atoms with E-state index in [4.69, 9.17) is 16.3 Å². The van der Waals surface area contributed by atoms with Crippen molar-refractivity contribution in [2.45, 2.75) is 6.92 Å². The molecule has 1 aliphatic heterocycles. The minimum atomic E-state index is -0.277. The molecule has 1 saturated heterocycles. The Hall–Kier alpha value is -3.30. The third-order valence-electron chi connectivity index (χ3n) is 5.47. The molecule has 0 spiro atoms. The van der Waals surface area contributed by atoms with E-state index in [-0.39, 0.29) is 12.1 Å². The highest BCUT2D eigenvalue weighted by molar-refractivity contribution is 6.36. The minimum absolute atomic E-state index is 0.172. The van der Waals surface area contributed by atoms with Gasteiger partial charge < -0.3 is 19.9 Å². The van der Waals surface area contributed by atoms with E-state index in [9.17, 15) is 9.59 Å². The van der Waals surface area contributed by atoms with Gasteiger partial charge in [-0.05, 0) is 30.8 Å². The molecule has 9 nitrogen and oxygen atoms in total. The first-order valence-corrected chi connectivity index (χ1v) is 10.8. The van der Waals surface area contributed by atoms with E-state index in [0.29, 0.717) is 46.3 Å². The Balaban J connectivity index is 1.46. The first-order chi connectivity index (χ1) is 15.5. The SMILES string of the molecule is CCN1CCN(C(=O)Nc2cc(Oc3ccc4c(c3)c(Cl)cn4C(=O)NC)ccn2)CC1. The molecule has 0 radical (unpaired) electrons. The molecule has 1 aromatic carbocycles. The number of pyridine rings is 1. The Morgan fingerprint density at radius 3 is 2.56 bits per heavy atom. The number of carbonyl (C=O) groups excluding carboxylic acids is 2. The molecule has 0 aliphatic carbocycles. The third kappa shape index (κ3) is 4.63. The van der Waals surface area contributed by atoms with E-state index in [1.165, 1.54) is 4.57 Å². The second-order valence-electron chi connectivity index (χ2n) is 7.41. The highest BCUT2D eigenvalue weighted by Gasteiger charge is 2.20. The van der Waals surface area contributed by atoms with E-state index in [0.717, 1.165) is 19.6 Å². The van der Waals surface area contributed by atoms with Crippen molar-refractivity contribution in [2.24, 2.45) is 0 Å². The van der Waals surface area contributed by atoms with E-state index in [2.05, 4.69) is 27.4 Å². The third-order valence-corrected chi connectivity index (χ3v) is 5.77. The summed E-state index contributed by atoms with van der Waals surface area (Å²) in [5.41, 5.74) is 0.674. The molecular formula is C22H25ClN6O3. The van der Waals surface area contributed by atoms with Gasteiger partial charge in [-0.25, -0.2) is 14.6 Å². The Bertz CT molecular complexity index is 1140. The van der Waals surface area contributed by atoms with Crippen molar-refractivity contribution in [3.63, 3.8) is 0 Å². The molecular weight excluding hydrogens is 432 g/mol. The van der Waals surface area contributed by atoms with Gasteiger partial charge in [0.1, 0.15) is 17.3 Å². The molecule has 0 atom stereocenters. The number of hydrogen-bond donors (Lipinski definition) is 2. The van der Waals surface area contributed by atoms with E-state index >= 15 is 0 Å². The number of fused-ring (bicyclic) bond motifs is 1. The Morgan fingerprint density at radius 1 is 1.09 bits per heavy atom. The Labute approximate surface area is 190 Å². The van der Waals surface area contributed by atoms with Gasteiger partial charge >= 0.3 is 12.1 Å². The first kappa shape index (κ1) is 21.9. The molecule has 1 aliphatic rings. The van der Waals surface area contributed by atoms with Crippen LogP contribution in [0.2, 0.25) is 5.02 Å². The average Bonchev–Trinajstić information content (AvgIpc) is 3.14. The van der Waals surface area contributed by atoms with Crippen LogP contribution in [0.3, 0.4) is 0 Å². The zero-order chi connectivity index (χ0) is 22.7. The van der Waals surface area contributed by atoms with Crippen LogP contribution < -0.4 is 15.4 Å². The van der Waals surface area contributed by atoms with Gasteiger partial charge in [-0.1, -0.05) is 18.5 Å². The molecule has 2 N–H and O–H groups in total. The molecule has 0 bridgehead atoms. The number of rotatable bonds is 4. The molecule has 1 fully saturated rings. The smallest absolute Gasteiger partial charge is 0.325 e. The van der Waals surface area contributed by atoms with Crippen LogP contribution >= 0.6 is 11.6 Å². The van der Waals surface area contributed by atoms with Crippen molar-refractivity contribution in [3.8, 4) is 11.5 Å². The van der Waals surface area contributed by atoms with Gasteiger partial charge in [0.15, 0.2) is 0 Å². The molecule has 32 heavy (non-hydrogen) atoms. The van der Waals surface area contributed by atoms with Crippen LogP contribution in [0.25, 0.3) is 10.9 Å². The molecule has 3 heterocycles. The number of benzene rings is 1. The quantitative estimate of drug-likeness (QED) is 0.622. The monoisotopic (exact) mass is 456 g/mol. The van der Waals surface area contributed by atoms with Crippen molar-refractivity contribution < 1.29 is 14.3 Å². The number of aromatic nitrogens is 2. The summed E-state index contributed by atoms with van der Waals surface area (Å²) < 4.78 is 7.40. The Kier molecular flexibility index (Phi) is 6.48. The van der Waals surface area contributed by atoms with Gasteiger partial charge in [0, 0.05) is 57.1 Å². The van der Waals surface area contributed by atoms with Gasteiger partial charge in [-0.3, -0.25) is 9.88 Å². The fraction of sp³-hybridized carbons (Fsp3) is 0.318. The van der Waals surface area contributed by atoms with Gasteiger partial charge in [0.25, 0.3) is 0 Å². The molecule has 3 aromatic rings. The summed E-state index contributed by atoms with van der Waals surface area (Å²) in [5.74, 6) is 1.48. The first-order valence-electron chi connectivity index (χ1n) is 10.4. The van der Waals surface area contributed by atoms with Crippen LogP contribution in [0, 0.1) is 0 Å². The topological polar surface area (TPSA) is 91.7 Å². The fourth-order valence-corrected chi connectivity index (χ4v) is 3.90. The van der Waals surface area contributed by atoms with Crippen LogP contribution in [-0.4, -0.2) is 71.2 Å². The van der Waals surface area contributed by atoms with Crippen LogP contribution in [0.5, 0.6) is 11.5 Å². The Morgan fingerprint density at radius 2 is 1.84 bits per heavy atom. The number of ether oxygens (including phenoxy) is 1. The summed E-state index contributed by atoms with van der Waals surface area (Å²) in [4.78, 5) is 32.9. The summed E-state index contributed by atoms with van der Waals surface area (Å²) in [5, 5.41) is 6.56. The lowest BCUT2D eigenvalue weighted by Gasteiger charge is -2.33. The number of amides is 3. The van der Waals surface area contributed by atoms with Crippen LogP contribution in [0.15, 0.2) is 42.7 Å². The second-order valence-corrected chi connectivity index (χ2v) is 7.82. The largest absolute Gasteiger partial charge is 0.457 e. The normalized spacial score (nSPS) is 14.4. The van der Waals surface area contributed by atoms with Crippen molar-refractivity contribution in [3.05, 3.63) is 47.7 Å². The number of nitrogens with zero attached hydrogens (tertiary/aromatic N) is 4. The number of carbonyl (C=O) groups is 2. The number of nitrogens with one attached hydrogen (secondary N) is 2. The predicted octanol–water partition coefficient (Wildman–Crippen LogP) is 3.84. The molecule has 10 heteroatoms. The average molecular weight is 457 g/mol. The van der Waals surface area contributed by atoms with E-state index < -0.39 is 0 Å². The highest BCUT2D eigenvalue weighted by Crippen LogP contribution is 2.31. The molecule has 168 valence electrons. The number of likely N-dealkylation sites (N-methyl/N-ethyl adjacent to an activating group) is 1. The molecule has 3 amide bonds. The van der Waals surface area contributed by atoms with Crippen molar-refractivity contribution in [1.82, 2.24) is 24.7 Å². The zero-order valence-electron chi connectivity index (χ0n) is 18.0. The predicted molar refractivity (Wildman–Crippen MR) is 124 cm³/mol. The van der Waals surface area contributed by atoms with Crippen molar-refractivity contribution >= 4 is 40.4 Å². The highest BCUT2D eigenvalue weighted by atomic mass is 35.5. The second kappa shape index (κ2) is 9.46. The molecule has 0 saturated carbocycles. The summed E-state index contributed by atoms with van der Waals surface area (Å²) in [6.45, 7) is 6.22. The summed E-state index contributed by atoms with van der Waals surface area (Å²) in [7, 11) is 1.56. The maximum Gasteiger partial charge on any atom is 0.325 e. The van der Waals surface area contributed by atoms with Gasteiger partial charge in [-0.15, -0.1) is 0 Å². The van der Waals surface area contributed by atoms with Gasteiger partial charge in [0.2, 0.25) is 0 Å². The van der Waals surface area contributed by atoms with E-state index in [1.54, 1.807) is 54.7 Å². The van der Waals surface area contributed by atoms with Crippen LogP contribution in [0.1, 0.15) is 6.92 Å². The fourth-order valence-electron chi connectivity index (χ4n) is 3.66. The summed E-state index contributed by atoms with van der Waals surface area (Å²) in [6.07, 6.45) is 3.14. The van der Waals surface area contributed by atoms with Crippen LogP contribution in [-0.2, 0) is 0 Å². The number of urea groups is 1. The van der Waals surface area contributed by atoms with Crippen LogP contribution in [0.4, 0.5) is 15.4 Å². The standard InChI is InChI=1S/C22H25ClN6O3/c1-3-27-8-10-28(11-9-27)22(31)26-20-13-16(6-7-25-20)32-15-4-5-19-17(12-15)18(23)14-29(19)21(30)24-2/h4-7,12-14H,3,8-11H2,1-2H3,(H,24,30)(H,25,26,31). The lowest BCUT2D eigenvalue weighted by molar-refractivity contribution is 0.151. The minimum Gasteiger partial charge on any atom is -0.457 e. The number of piperazine rings is 1. The maximum absolute atomic E-state index is 12.6. The number of hydrogen-bond acceptors (Lipinski definition) is 5. The summed E-state index contributed by atoms with van der Waals surface area (Å²) >= 11 is 6.31. The number of anilines is 1. The van der Waals surface area contributed by atoms with Crippen molar-refractivity contribution in [2.75, 3.05) is 45.1 Å². The van der Waals surface area contributed by atoms with Crippen molar-refractivity contribution in [1.29, 1.82) is 0 Å². The van der Waals surface area contributed by atoms with E-state index in [1.807, 2.05) is 0 Å². The lowest BCUT2D eigenvalue weighted by Crippen LogP contribution is -2.49.